The van der Waals surface area contributed by atoms with Crippen molar-refractivity contribution in [1.29, 1.82) is 0 Å². The van der Waals surface area contributed by atoms with Gasteiger partial charge >= 0.3 is 0 Å². The molecule has 0 bridgehead atoms. The van der Waals surface area contributed by atoms with Gasteiger partial charge in [-0.1, -0.05) is 18.2 Å². The van der Waals surface area contributed by atoms with Crippen LogP contribution in [-0.2, 0) is 0 Å². The fourth-order valence-corrected chi connectivity index (χ4v) is 2.70. The Bertz CT molecular complexity index is 394. The van der Waals surface area contributed by atoms with E-state index in [4.69, 9.17) is 0 Å². The number of allylic oxidation sites excluding steroid dienone is 1. The van der Waals surface area contributed by atoms with Crippen molar-refractivity contribution in [2.24, 2.45) is 0 Å². The molecule has 0 aliphatic carbocycles. The van der Waals surface area contributed by atoms with Crippen LogP contribution in [0.3, 0.4) is 0 Å². The highest BCUT2D eigenvalue weighted by molar-refractivity contribution is 5.26. The predicted molar refractivity (Wildman–Crippen MR) is 57.8 cm³/mol. The summed E-state index contributed by atoms with van der Waals surface area (Å²) in [5.74, 6) is -0.145. The second-order valence-electron chi connectivity index (χ2n) is 4.28. The Morgan fingerprint density at radius 3 is 2.80 bits per heavy atom. The lowest BCUT2D eigenvalue weighted by molar-refractivity contribution is 0.322. The topological polar surface area (TPSA) is 3.24 Å². The van der Waals surface area contributed by atoms with Crippen molar-refractivity contribution in [3.63, 3.8) is 0 Å². The van der Waals surface area contributed by atoms with E-state index in [1.807, 2.05) is 12.1 Å². The smallest absolute Gasteiger partial charge is 0.123 e. The average molecular weight is 203 g/mol. The maximum atomic E-state index is 12.8. The Morgan fingerprint density at radius 1 is 1.20 bits per heavy atom. The monoisotopic (exact) mass is 203 g/mol. The van der Waals surface area contributed by atoms with Crippen LogP contribution in [0.1, 0.15) is 30.9 Å². The van der Waals surface area contributed by atoms with Crippen LogP contribution in [-0.4, -0.2) is 11.4 Å². The minimum atomic E-state index is -0.145. The van der Waals surface area contributed by atoms with E-state index in [9.17, 15) is 4.39 Å². The van der Waals surface area contributed by atoms with Gasteiger partial charge in [0.05, 0.1) is 6.04 Å². The van der Waals surface area contributed by atoms with Crippen LogP contribution in [0.25, 0.3) is 0 Å². The number of hydrogen-bond donors (Lipinski definition) is 0. The number of nitrogens with zero attached hydrogens (tertiary/aromatic N) is 1. The number of benzene rings is 1. The van der Waals surface area contributed by atoms with Gasteiger partial charge in [-0.15, -0.1) is 0 Å². The second-order valence-corrected chi connectivity index (χ2v) is 4.28. The van der Waals surface area contributed by atoms with Gasteiger partial charge in [0.1, 0.15) is 5.82 Å². The van der Waals surface area contributed by atoms with Gasteiger partial charge in [-0.3, -0.25) is 0 Å². The van der Waals surface area contributed by atoms with E-state index in [-0.39, 0.29) is 5.82 Å². The molecule has 3 rings (SSSR count). The number of fused-ring (bicyclic) bond motifs is 1. The van der Waals surface area contributed by atoms with E-state index < -0.39 is 0 Å². The molecule has 1 nitrogen and oxygen atoms in total. The third kappa shape index (κ3) is 1.44. The third-order valence-corrected chi connectivity index (χ3v) is 3.42. The lowest BCUT2D eigenvalue weighted by atomic mass is 10.0. The summed E-state index contributed by atoms with van der Waals surface area (Å²) < 4.78 is 12.8. The van der Waals surface area contributed by atoms with Gasteiger partial charge in [-0.2, -0.15) is 0 Å². The highest BCUT2D eigenvalue weighted by atomic mass is 19.1. The van der Waals surface area contributed by atoms with E-state index in [2.05, 4.69) is 11.0 Å². The summed E-state index contributed by atoms with van der Waals surface area (Å²) in [6, 6.07) is 7.45. The number of hydrogen-bond acceptors (Lipinski definition) is 1. The van der Waals surface area contributed by atoms with Gasteiger partial charge in [0.2, 0.25) is 0 Å². The maximum Gasteiger partial charge on any atom is 0.123 e. The molecule has 2 aliphatic heterocycles. The Kier molecular flexibility index (Phi) is 2.01. The Balaban J connectivity index is 1.89. The van der Waals surface area contributed by atoms with Gasteiger partial charge in [0, 0.05) is 12.2 Å². The van der Waals surface area contributed by atoms with Crippen LogP contribution in [0.2, 0.25) is 0 Å². The first kappa shape index (κ1) is 8.96. The summed E-state index contributed by atoms with van der Waals surface area (Å²) >= 11 is 0. The molecule has 2 heterocycles. The fourth-order valence-electron chi connectivity index (χ4n) is 2.70. The van der Waals surface area contributed by atoms with Gasteiger partial charge in [0.15, 0.2) is 0 Å². The molecule has 1 fully saturated rings. The van der Waals surface area contributed by atoms with E-state index in [0.717, 1.165) is 6.54 Å². The standard InChI is InChI=1S/C13H14FN/c14-11-5-3-10(4-6-11)13-8-7-12-2-1-9-15(12)13/h2-6,13H,1,7-9H2. The van der Waals surface area contributed by atoms with Crippen molar-refractivity contribution in [1.82, 2.24) is 4.90 Å². The zero-order chi connectivity index (χ0) is 10.3. The molecule has 0 N–H and O–H groups in total. The molecule has 78 valence electrons. The molecule has 1 atom stereocenters. The summed E-state index contributed by atoms with van der Waals surface area (Å²) in [6.45, 7) is 1.14. The van der Waals surface area contributed by atoms with Gasteiger partial charge in [-0.05, 0) is 37.0 Å². The SMILES string of the molecule is Fc1ccc(C2CCC3=CCCN32)cc1. The molecule has 0 saturated carbocycles. The van der Waals surface area contributed by atoms with Gasteiger partial charge in [0.25, 0.3) is 0 Å². The molecule has 1 aromatic carbocycles. The van der Waals surface area contributed by atoms with Crippen molar-refractivity contribution in [2.45, 2.75) is 25.3 Å². The largest absolute Gasteiger partial charge is 0.368 e. The van der Waals surface area contributed by atoms with E-state index in [0.29, 0.717) is 6.04 Å². The van der Waals surface area contributed by atoms with Crippen molar-refractivity contribution in [2.75, 3.05) is 6.54 Å². The number of rotatable bonds is 1. The highest BCUT2D eigenvalue weighted by Gasteiger charge is 2.30. The molecule has 0 radical (unpaired) electrons. The first-order chi connectivity index (χ1) is 7.34. The Hall–Kier alpha value is -1.31. The molecule has 0 amide bonds. The fraction of sp³-hybridized carbons (Fsp3) is 0.385. The molecule has 2 aliphatic rings. The molecule has 1 aromatic rings. The molecular formula is C13H14FN. The van der Waals surface area contributed by atoms with Crippen LogP contribution in [0.15, 0.2) is 36.0 Å². The minimum Gasteiger partial charge on any atom is -0.368 e. The normalized spacial score (nSPS) is 24.2. The van der Waals surface area contributed by atoms with E-state index >= 15 is 0 Å². The van der Waals surface area contributed by atoms with Crippen LogP contribution < -0.4 is 0 Å². The first-order valence-electron chi connectivity index (χ1n) is 5.56. The summed E-state index contributed by atoms with van der Waals surface area (Å²) in [5, 5.41) is 0. The lowest BCUT2D eigenvalue weighted by Gasteiger charge is -2.24. The van der Waals surface area contributed by atoms with Crippen molar-refractivity contribution in [3.05, 3.63) is 47.4 Å². The highest BCUT2D eigenvalue weighted by Crippen LogP contribution is 2.40. The zero-order valence-electron chi connectivity index (χ0n) is 8.62. The summed E-state index contributed by atoms with van der Waals surface area (Å²) in [7, 11) is 0. The number of halogens is 1. The molecule has 15 heavy (non-hydrogen) atoms. The van der Waals surface area contributed by atoms with Gasteiger partial charge < -0.3 is 4.90 Å². The molecule has 0 aromatic heterocycles. The first-order valence-corrected chi connectivity index (χ1v) is 5.56. The predicted octanol–water partition coefficient (Wildman–Crippen LogP) is 3.25. The Labute approximate surface area is 89.2 Å². The maximum absolute atomic E-state index is 12.8. The third-order valence-electron chi connectivity index (χ3n) is 3.42. The summed E-state index contributed by atoms with van der Waals surface area (Å²) in [6.07, 6.45) is 5.87. The van der Waals surface area contributed by atoms with E-state index in [1.165, 1.54) is 30.5 Å². The quantitative estimate of drug-likeness (QED) is 0.677. The van der Waals surface area contributed by atoms with Crippen molar-refractivity contribution < 1.29 is 4.39 Å². The molecular weight excluding hydrogens is 189 g/mol. The summed E-state index contributed by atoms with van der Waals surface area (Å²) in [4.78, 5) is 2.47. The molecule has 0 spiro atoms. The van der Waals surface area contributed by atoms with Crippen LogP contribution in [0.4, 0.5) is 4.39 Å². The van der Waals surface area contributed by atoms with Gasteiger partial charge in [-0.25, -0.2) is 4.39 Å². The summed E-state index contributed by atoms with van der Waals surface area (Å²) in [5.41, 5.74) is 2.74. The van der Waals surface area contributed by atoms with Crippen molar-refractivity contribution in [3.8, 4) is 0 Å². The van der Waals surface area contributed by atoms with Crippen LogP contribution in [0.5, 0.6) is 0 Å². The minimum absolute atomic E-state index is 0.145. The van der Waals surface area contributed by atoms with Crippen molar-refractivity contribution >= 4 is 0 Å². The Morgan fingerprint density at radius 2 is 2.00 bits per heavy atom. The molecule has 1 unspecified atom stereocenters. The molecule has 2 heteroatoms. The second kappa shape index (κ2) is 3.37. The van der Waals surface area contributed by atoms with Crippen LogP contribution >= 0.6 is 0 Å². The van der Waals surface area contributed by atoms with Crippen LogP contribution in [0, 0.1) is 5.82 Å². The zero-order valence-corrected chi connectivity index (χ0v) is 8.62. The lowest BCUT2D eigenvalue weighted by Crippen LogP contribution is -2.19. The molecule has 1 saturated heterocycles. The average Bonchev–Trinajstić information content (AvgIpc) is 2.80. The van der Waals surface area contributed by atoms with E-state index in [1.54, 1.807) is 12.1 Å².